The van der Waals surface area contributed by atoms with Crippen LogP contribution in [0.2, 0.25) is 0 Å². The highest BCUT2D eigenvalue weighted by Gasteiger charge is 2.32. The highest BCUT2D eigenvalue weighted by molar-refractivity contribution is 7.89. The monoisotopic (exact) mass is 420 g/mol. The van der Waals surface area contributed by atoms with E-state index >= 15 is 0 Å². The minimum atomic E-state index is -3.71. The van der Waals surface area contributed by atoms with Crippen LogP contribution in [0.5, 0.6) is 0 Å². The molecular weight excluding hydrogens is 399 g/mol. The van der Waals surface area contributed by atoms with Gasteiger partial charge in [-0.3, -0.25) is 4.79 Å². The molecule has 1 N–H and O–H groups in total. The number of methoxy groups -OCH3 is 1. The molecule has 1 aliphatic rings. The molecule has 154 valence electrons. The fourth-order valence-corrected chi connectivity index (χ4v) is 4.64. The van der Waals surface area contributed by atoms with Crippen LogP contribution in [0, 0.1) is 11.7 Å². The SMILES string of the molecule is COC(=O)c1ccc(NC(=O)C2CCN(S(=O)(=O)c3ccc(F)cc3)CC2)cc1. The summed E-state index contributed by atoms with van der Waals surface area (Å²) in [5, 5.41) is 2.79. The zero-order valence-electron chi connectivity index (χ0n) is 15.8. The molecule has 0 atom stereocenters. The number of rotatable bonds is 5. The number of nitrogens with zero attached hydrogens (tertiary/aromatic N) is 1. The average molecular weight is 420 g/mol. The Kier molecular flexibility index (Phi) is 6.29. The van der Waals surface area contributed by atoms with Crippen molar-refractivity contribution in [3.05, 3.63) is 59.9 Å². The van der Waals surface area contributed by atoms with Crippen LogP contribution in [0.3, 0.4) is 0 Å². The second kappa shape index (κ2) is 8.71. The minimum Gasteiger partial charge on any atom is -0.465 e. The minimum absolute atomic E-state index is 0.0347. The molecule has 29 heavy (non-hydrogen) atoms. The molecule has 1 amide bonds. The molecule has 1 aliphatic heterocycles. The molecule has 2 aromatic carbocycles. The quantitative estimate of drug-likeness (QED) is 0.751. The van der Waals surface area contributed by atoms with E-state index in [9.17, 15) is 22.4 Å². The normalized spacial score (nSPS) is 15.7. The van der Waals surface area contributed by atoms with Crippen molar-refractivity contribution in [2.45, 2.75) is 17.7 Å². The van der Waals surface area contributed by atoms with Gasteiger partial charge < -0.3 is 10.1 Å². The Balaban J connectivity index is 1.58. The number of nitrogens with one attached hydrogen (secondary N) is 1. The molecule has 1 heterocycles. The average Bonchev–Trinajstić information content (AvgIpc) is 2.74. The molecule has 0 radical (unpaired) electrons. The van der Waals surface area contributed by atoms with Gasteiger partial charge in [-0.25, -0.2) is 17.6 Å². The molecule has 1 saturated heterocycles. The van der Waals surface area contributed by atoms with E-state index in [1.807, 2.05) is 0 Å². The van der Waals surface area contributed by atoms with Crippen molar-refractivity contribution in [2.24, 2.45) is 5.92 Å². The Labute approximate surface area is 168 Å². The molecule has 0 bridgehead atoms. The first-order valence-electron chi connectivity index (χ1n) is 9.06. The van der Waals surface area contributed by atoms with Gasteiger partial charge in [0.2, 0.25) is 15.9 Å². The van der Waals surface area contributed by atoms with Gasteiger partial charge >= 0.3 is 5.97 Å². The number of piperidine rings is 1. The number of carbonyl (C=O) groups excluding carboxylic acids is 2. The summed E-state index contributed by atoms with van der Waals surface area (Å²) in [6.45, 7) is 0.415. The number of sulfonamides is 1. The van der Waals surface area contributed by atoms with E-state index in [1.54, 1.807) is 24.3 Å². The number of ether oxygens (including phenoxy) is 1. The molecule has 2 aromatic rings. The number of amides is 1. The fraction of sp³-hybridized carbons (Fsp3) is 0.300. The number of carbonyl (C=O) groups is 2. The predicted molar refractivity (Wildman–Crippen MR) is 104 cm³/mol. The van der Waals surface area contributed by atoms with Gasteiger partial charge in [-0.05, 0) is 61.4 Å². The lowest BCUT2D eigenvalue weighted by Gasteiger charge is -2.30. The van der Waals surface area contributed by atoms with Crippen molar-refractivity contribution in [3.8, 4) is 0 Å². The Hall–Kier alpha value is -2.78. The number of halogens is 1. The van der Waals surface area contributed by atoms with E-state index in [0.717, 1.165) is 12.1 Å². The summed E-state index contributed by atoms with van der Waals surface area (Å²) < 4.78 is 44.3. The maximum atomic E-state index is 13.0. The molecule has 0 saturated carbocycles. The van der Waals surface area contributed by atoms with E-state index in [2.05, 4.69) is 10.1 Å². The fourth-order valence-electron chi connectivity index (χ4n) is 3.17. The Morgan fingerprint density at radius 1 is 1.03 bits per heavy atom. The molecule has 7 nitrogen and oxygen atoms in total. The van der Waals surface area contributed by atoms with Gasteiger partial charge in [-0.2, -0.15) is 4.31 Å². The van der Waals surface area contributed by atoms with Gasteiger partial charge in [0.25, 0.3) is 0 Å². The van der Waals surface area contributed by atoms with Crippen molar-refractivity contribution in [1.82, 2.24) is 4.31 Å². The Morgan fingerprint density at radius 2 is 1.62 bits per heavy atom. The van der Waals surface area contributed by atoms with Crippen LogP contribution in [0.4, 0.5) is 10.1 Å². The highest BCUT2D eigenvalue weighted by atomic mass is 32.2. The zero-order valence-corrected chi connectivity index (χ0v) is 16.6. The van der Waals surface area contributed by atoms with Gasteiger partial charge in [0.15, 0.2) is 0 Å². The maximum absolute atomic E-state index is 13.0. The van der Waals surface area contributed by atoms with Gasteiger partial charge in [0.05, 0.1) is 17.6 Å². The van der Waals surface area contributed by atoms with Crippen molar-refractivity contribution in [3.63, 3.8) is 0 Å². The van der Waals surface area contributed by atoms with Gasteiger partial charge in [0.1, 0.15) is 5.82 Å². The molecule has 0 spiro atoms. The lowest BCUT2D eigenvalue weighted by molar-refractivity contribution is -0.120. The first-order valence-corrected chi connectivity index (χ1v) is 10.5. The van der Waals surface area contributed by atoms with Gasteiger partial charge in [-0.1, -0.05) is 0 Å². The molecule has 3 rings (SSSR count). The Morgan fingerprint density at radius 3 is 2.17 bits per heavy atom. The summed E-state index contributed by atoms with van der Waals surface area (Å²) in [4.78, 5) is 24.0. The smallest absolute Gasteiger partial charge is 0.337 e. The summed E-state index contributed by atoms with van der Waals surface area (Å²) in [7, 11) is -2.42. The molecule has 0 aliphatic carbocycles. The third-order valence-corrected chi connectivity index (χ3v) is 6.76. The molecule has 0 unspecified atom stereocenters. The number of esters is 1. The molecule has 9 heteroatoms. The van der Waals surface area contributed by atoms with Gasteiger partial charge in [0, 0.05) is 24.7 Å². The van der Waals surface area contributed by atoms with Crippen LogP contribution in [0.1, 0.15) is 23.2 Å². The summed E-state index contributed by atoms with van der Waals surface area (Å²) in [5.74, 6) is -1.49. The molecular formula is C20H21FN2O5S. The Bertz CT molecular complexity index is 983. The van der Waals surface area contributed by atoms with Crippen molar-refractivity contribution in [1.29, 1.82) is 0 Å². The number of anilines is 1. The predicted octanol–water partition coefficient (Wildman–Crippen LogP) is 2.65. The summed E-state index contributed by atoms with van der Waals surface area (Å²) >= 11 is 0. The van der Waals surface area contributed by atoms with Crippen molar-refractivity contribution in [2.75, 3.05) is 25.5 Å². The van der Waals surface area contributed by atoms with Crippen LogP contribution in [0.25, 0.3) is 0 Å². The lowest BCUT2D eigenvalue weighted by atomic mass is 9.97. The van der Waals surface area contributed by atoms with Crippen LogP contribution < -0.4 is 5.32 Å². The highest BCUT2D eigenvalue weighted by Crippen LogP contribution is 2.25. The number of hydrogen-bond acceptors (Lipinski definition) is 5. The maximum Gasteiger partial charge on any atom is 0.337 e. The second-order valence-corrected chi connectivity index (χ2v) is 8.63. The third kappa shape index (κ3) is 4.80. The largest absolute Gasteiger partial charge is 0.465 e. The number of benzene rings is 2. The van der Waals surface area contributed by atoms with Crippen LogP contribution >= 0.6 is 0 Å². The van der Waals surface area contributed by atoms with E-state index in [0.29, 0.717) is 24.1 Å². The summed E-state index contributed by atoms with van der Waals surface area (Å²) in [6.07, 6.45) is 0.763. The first kappa shape index (κ1) is 20.9. The van der Waals surface area contributed by atoms with Crippen molar-refractivity contribution < 1.29 is 27.1 Å². The zero-order chi connectivity index (χ0) is 21.0. The van der Waals surface area contributed by atoms with Crippen LogP contribution in [0.15, 0.2) is 53.4 Å². The van der Waals surface area contributed by atoms with Crippen LogP contribution in [-0.2, 0) is 19.6 Å². The third-order valence-electron chi connectivity index (χ3n) is 4.85. The summed E-state index contributed by atoms with van der Waals surface area (Å²) in [5.41, 5.74) is 0.925. The van der Waals surface area contributed by atoms with E-state index < -0.39 is 21.8 Å². The standard InChI is InChI=1S/C20H21FN2O5S/c1-28-20(25)15-2-6-17(7-3-15)22-19(24)14-10-12-23(13-11-14)29(26,27)18-8-4-16(21)5-9-18/h2-9,14H,10-13H2,1H3,(H,22,24). The number of hydrogen-bond donors (Lipinski definition) is 1. The van der Waals surface area contributed by atoms with E-state index in [4.69, 9.17) is 0 Å². The lowest BCUT2D eigenvalue weighted by Crippen LogP contribution is -2.41. The van der Waals surface area contributed by atoms with Crippen molar-refractivity contribution >= 4 is 27.6 Å². The summed E-state index contributed by atoms with van der Waals surface area (Å²) in [6, 6.07) is 11.0. The topological polar surface area (TPSA) is 92.8 Å². The molecule has 0 aromatic heterocycles. The van der Waals surface area contributed by atoms with E-state index in [1.165, 1.54) is 23.5 Å². The molecule has 1 fully saturated rings. The second-order valence-electron chi connectivity index (χ2n) is 6.69. The first-order chi connectivity index (χ1) is 13.8. The van der Waals surface area contributed by atoms with Gasteiger partial charge in [-0.15, -0.1) is 0 Å². The van der Waals surface area contributed by atoms with E-state index in [-0.39, 0.29) is 29.8 Å². The van der Waals surface area contributed by atoms with Crippen LogP contribution in [-0.4, -0.2) is 44.8 Å².